The Balaban J connectivity index is 1.61. The maximum Gasteiger partial charge on any atom is 0.434 e. The molecule has 0 spiro atoms. The highest BCUT2D eigenvalue weighted by Crippen LogP contribution is 2.39. The van der Waals surface area contributed by atoms with Crippen LogP contribution in [0.5, 0.6) is 0 Å². The van der Waals surface area contributed by atoms with E-state index < -0.39 is 17.9 Å². The first-order valence-electron chi connectivity index (χ1n) is 13.5. The number of alkyl halides is 3. The monoisotopic (exact) mass is 584 g/mol. The number of hydrogen-bond acceptors (Lipinski definition) is 6. The van der Waals surface area contributed by atoms with Gasteiger partial charge in [0.2, 0.25) is 0 Å². The lowest BCUT2D eigenvalue weighted by Gasteiger charge is -2.33. The molecule has 0 bridgehead atoms. The van der Waals surface area contributed by atoms with E-state index in [1.807, 2.05) is 18.3 Å². The van der Waals surface area contributed by atoms with E-state index in [0.717, 1.165) is 41.7 Å². The van der Waals surface area contributed by atoms with Gasteiger partial charge in [0.25, 0.3) is 0 Å². The molecule has 2 N–H and O–H groups in total. The Morgan fingerprint density at radius 1 is 1.20 bits per heavy atom. The van der Waals surface area contributed by atoms with Gasteiger partial charge < -0.3 is 14.8 Å². The van der Waals surface area contributed by atoms with Crippen LogP contribution in [0.1, 0.15) is 37.4 Å². The predicted molar refractivity (Wildman–Crippen MR) is 155 cm³/mol. The first-order chi connectivity index (χ1) is 19.5. The van der Waals surface area contributed by atoms with E-state index in [1.165, 1.54) is 25.1 Å². The van der Waals surface area contributed by atoms with Crippen molar-refractivity contribution in [2.45, 2.75) is 51.9 Å². The van der Waals surface area contributed by atoms with E-state index in [1.54, 1.807) is 19.9 Å². The number of likely N-dealkylation sites (N-methyl/N-ethyl adjacent to an activating group) is 1. The highest BCUT2D eigenvalue weighted by atomic mass is 32.1. The lowest BCUT2D eigenvalue weighted by atomic mass is 9.99. The normalized spacial score (nSPS) is 16.2. The number of piperidine rings is 1. The van der Waals surface area contributed by atoms with Crippen molar-refractivity contribution in [1.82, 2.24) is 24.8 Å². The summed E-state index contributed by atoms with van der Waals surface area (Å²) >= 11 is 0.850. The summed E-state index contributed by atoms with van der Waals surface area (Å²) < 4.78 is 42.3. The summed E-state index contributed by atoms with van der Waals surface area (Å²) in [6, 6.07) is 6.86. The first-order valence-corrected chi connectivity index (χ1v) is 14.4. The van der Waals surface area contributed by atoms with Crippen LogP contribution in [-0.4, -0.2) is 51.6 Å². The molecule has 3 aromatic heterocycles. The second kappa shape index (κ2) is 11.6. The number of halogens is 3. The fourth-order valence-corrected chi connectivity index (χ4v) is 6.10. The van der Waals surface area contributed by atoms with Crippen LogP contribution < -0.4 is 16.1 Å². The molecule has 216 valence electrons. The standard InChI is InChI=1S/C29H31F3N6O2S/c1-4-33-28(40)36-25-12-20(27-35-24(16-41-27)29(30,31)32)22(13-34-25)18-8-9-23-21(11-18)26(39)17(2)14-38(23)15-19-7-5-6-10-37(19)3/h8-9,11-14,16,19H,4-7,10,15H2,1-3H3,(H2,33,34,36,40). The van der Waals surface area contributed by atoms with Crippen LogP contribution in [0, 0.1) is 6.92 Å². The number of hydrogen-bond donors (Lipinski definition) is 2. The van der Waals surface area contributed by atoms with Crippen molar-refractivity contribution < 1.29 is 18.0 Å². The average Bonchev–Trinajstić information content (AvgIpc) is 3.44. The SMILES string of the molecule is CCNC(=O)Nc1cc(-c2nc(C(F)(F)F)cs2)c(-c2ccc3c(c2)c(=O)c(C)cn3CC2CCCCN2C)cn1. The van der Waals surface area contributed by atoms with Crippen molar-refractivity contribution in [1.29, 1.82) is 0 Å². The molecule has 2 amide bonds. The molecular formula is C29H31F3N6O2S. The minimum atomic E-state index is -4.60. The van der Waals surface area contributed by atoms with Crippen molar-refractivity contribution in [2.75, 3.05) is 25.5 Å². The van der Waals surface area contributed by atoms with Crippen LogP contribution in [0.3, 0.4) is 0 Å². The van der Waals surface area contributed by atoms with Gasteiger partial charge in [0.05, 0.1) is 5.52 Å². The minimum Gasteiger partial charge on any atom is -0.345 e. The third-order valence-electron chi connectivity index (χ3n) is 7.41. The van der Waals surface area contributed by atoms with Gasteiger partial charge in [0.1, 0.15) is 10.8 Å². The van der Waals surface area contributed by atoms with E-state index in [0.29, 0.717) is 40.2 Å². The lowest BCUT2D eigenvalue weighted by Crippen LogP contribution is -2.39. The van der Waals surface area contributed by atoms with E-state index >= 15 is 0 Å². The van der Waals surface area contributed by atoms with Gasteiger partial charge in [-0.05, 0) is 64.0 Å². The van der Waals surface area contributed by atoms with Gasteiger partial charge in [-0.25, -0.2) is 14.8 Å². The molecule has 1 aromatic carbocycles. The summed E-state index contributed by atoms with van der Waals surface area (Å²) in [6.07, 6.45) is 2.22. The second-order valence-electron chi connectivity index (χ2n) is 10.3. The summed E-state index contributed by atoms with van der Waals surface area (Å²) in [4.78, 5) is 35.9. The summed E-state index contributed by atoms with van der Waals surface area (Å²) in [6.45, 7) is 5.74. The Kier molecular flexibility index (Phi) is 8.14. The number of aromatic nitrogens is 3. The number of likely N-dealkylation sites (tertiary alicyclic amines) is 1. The molecule has 1 saturated heterocycles. The van der Waals surface area contributed by atoms with E-state index in [-0.39, 0.29) is 16.3 Å². The molecule has 4 heterocycles. The lowest BCUT2D eigenvalue weighted by molar-refractivity contribution is -0.140. The van der Waals surface area contributed by atoms with Crippen LogP contribution in [0.25, 0.3) is 32.6 Å². The second-order valence-corrected chi connectivity index (χ2v) is 11.1. The number of pyridine rings is 2. The van der Waals surface area contributed by atoms with Crippen molar-refractivity contribution in [2.24, 2.45) is 0 Å². The quantitative estimate of drug-likeness (QED) is 0.284. The van der Waals surface area contributed by atoms with Crippen molar-refractivity contribution in [3.05, 3.63) is 63.5 Å². The zero-order valence-electron chi connectivity index (χ0n) is 23.0. The summed E-state index contributed by atoms with van der Waals surface area (Å²) in [5.74, 6) is 0.161. The van der Waals surface area contributed by atoms with Crippen LogP contribution in [0.15, 0.2) is 46.8 Å². The van der Waals surface area contributed by atoms with E-state index in [4.69, 9.17) is 0 Å². The third kappa shape index (κ3) is 6.13. The summed E-state index contributed by atoms with van der Waals surface area (Å²) in [5, 5.41) is 6.80. The number of benzene rings is 1. The number of nitrogens with one attached hydrogen (secondary N) is 2. The first kappa shape index (κ1) is 28.7. The number of fused-ring (bicyclic) bond motifs is 1. The fraction of sp³-hybridized carbons (Fsp3) is 0.379. The smallest absolute Gasteiger partial charge is 0.345 e. The Labute approximate surface area is 239 Å². The highest BCUT2D eigenvalue weighted by molar-refractivity contribution is 7.13. The molecule has 0 aliphatic carbocycles. The molecule has 1 aliphatic rings. The van der Waals surface area contributed by atoms with E-state index in [2.05, 4.69) is 37.1 Å². The topological polar surface area (TPSA) is 92.2 Å². The number of nitrogens with zero attached hydrogens (tertiary/aromatic N) is 4. The molecule has 41 heavy (non-hydrogen) atoms. The van der Waals surface area contributed by atoms with Gasteiger partial charge in [-0.1, -0.05) is 12.5 Å². The summed E-state index contributed by atoms with van der Waals surface area (Å²) in [7, 11) is 2.13. The molecule has 1 atom stereocenters. The Hall–Kier alpha value is -3.77. The Morgan fingerprint density at radius 2 is 2.00 bits per heavy atom. The molecule has 1 aliphatic heterocycles. The van der Waals surface area contributed by atoms with Crippen molar-refractivity contribution in [3.8, 4) is 21.7 Å². The van der Waals surface area contributed by atoms with Gasteiger partial charge in [-0.15, -0.1) is 11.3 Å². The van der Waals surface area contributed by atoms with Gasteiger partial charge in [0, 0.05) is 59.0 Å². The largest absolute Gasteiger partial charge is 0.434 e. The number of carbonyl (C=O) groups is 1. The fourth-order valence-electron chi connectivity index (χ4n) is 5.24. The van der Waals surface area contributed by atoms with E-state index in [9.17, 15) is 22.8 Å². The number of thiazole rings is 1. The molecule has 1 unspecified atom stereocenters. The number of anilines is 1. The number of carbonyl (C=O) groups excluding carboxylic acids is 1. The van der Waals surface area contributed by atoms with Crippen molar-refractivity contribution in [3.63, 3.8) is 0 Å². The predicted octanol–water partition coefficient (Wildman–Crippen LogP) is 6.14. The Morgan fingerprint density at radius 3 is 2.71 bits per heavy atom. The van der Waals surface area contributed by atoms with Gasteiger partial charge in [-0.2, -0.15) is 13.2 Å². The highest BCUT2D eigenvalue weighted by Gasteiger charge is 2.34. The average molecular weight is 585 g/mol. The van der Waals surface area contributed by atoms with Gasteiger partial charge in [0.15, 0.2) is 11.1 Å². The molecule has 0 radical (unpaired) electrons. The molecule has 0 saturated carbocycles. The van der Waals surface area contributed by atoms with Gasteiger partial charge >= 0.3 is 12.2 Å². The zero-order valence-corrected chi connectivity index (χ0v) is 23.8. The molecule has 5 rings (SSSR count). The molecule has 12 heteroatoms. The number of urea groups is 1. The number of aryl methyl sites for hydroxylation is 1. The van der Waals surface area contributed by atoms with Crippen LogP contribution in [0.2, 0.25) is 0 Å². The molecule has 8 nitrogen and oxygen atoms in total. The van der Waals surface area contributed by atoms with Gasteiger partial charge in [-0.3, -0.25) is 10.1 Å². The zero-order chi connectivity index (χ0) is 29.3. The maximum absolute atomic E-state index is 13.4. The van der Waals surface area contributed by atoms with Crippen LogP contribution >= 0.6 is 11.3 Å². The number of rotatable bonds is 6. The Bertz CT molecular complexity index is 1650. The van der Waals surface area contributed by atoms with Crippen LogP contribution in [-0.2, 0) is 12.7 Å². The molecule has 4 aromatic rings. The third-order valence-corrected chi connectivity index (χ3v) is 8.28. The molecule has 1 fully saturated rings. The minimum absolute atomic E-state index is 0.104. The molecular weight excluding hydrogens is 553 g/mol. The van der Waals surface area contributed by atoms with Crippen LogP contribution in [0.4, 0.5) is 23.8 Å². The number of amides is 2. The summed E-state index contributed by atoms with van der Waals surface area (Å²) in [5.41, 5.74) is 1.77. The maximum atomic E-state index is 13.4. The van der Waals surface area contributed by atoms with Crippen molar-refractivity contribution >= 4 is 34.1 Å².